The van der Waals surface area contributed by atoms with Gasteiger partial charge in [-0.2, -0.15) is 0 Å². The molecule has 0 aliphatic heterocycles. The number of ether oxygens (including phenoxy) is 1. The van der Waals surface area contributed by atoms with E-state index in [4.69, 9.17) is 4.74 Å². The molecule has 1 rings (SSSR count). The van der Waals surface area contributed by atoms with Crippen LogP contribution in [0.2, 0.25) is 0 Å². The fourth-order valence-corrected chi connectivity index (χ4v) is 2.01. The fourth-order valence-electron chi connectivity index (χ4n) is 2.01. The molecule has 0 bridgehead atoms. The lowest BCUT2D eigenvalue weighted by Gasteiger charge is -2.33. The van der Waals surface area contributed by atoms with Crippen LogP contribution in [0.3, 0.4) is 0 Å². The molecule has 100 valence electrons. The van der Waals surface area contributed by atoms with Crippen molar-refractivity contribution in [3.8, 4) is 11.8 Å². The van der Waals surface area contributed by atoms with Crippen LogP contribution in [0.1, 0.15) is 53.9 Å². The fraction of sp³-hybridized carbons (Fsp3) is 0.688. The molecule has 2 atom stereocenters. The Bertz CT molecular complexity index is 395. The van der Waals surface area contributed by atoms with Gasteiger partial charge in [0.05, 0.1) is 5.41 Å². The van der Waals surface area contributed by atoms with E-state index in [1.165, 1.54) is 0 Å². The van der Waals surface area contributed by atoms with Crippen LogP contribution in [0.15, 0.2) is 12.2 Å². The monoisotopic (exact) mass is 248 g/mol. The molecule has 0 radical (unpaired) electrons. The van der Waals surface area contributed by atoms with E-state index in [1.807, 2.05) is 27.7 Å². The molecule has 18 heavy (non-hydrogen) atoms. The molecule has 0 fully saturated rings. The van der Waals surface area contributed by atoms with Gasteiger partial charge in [-0.05, 0) is 47.0 Å². The molecule has 0 spiro atoms. The summed E-state index contributed by atoms with van der Waals surface area (Å²) in [5.74, 6) is 6.04. The van der Waals surface area contributed by atoms with Crippen LogP contribution in [-0.2, 0) is 9.53 Å². The third-order valence-electron chi connectivity index (χ3n) is 3.83. The molecule has 0 saturated carbocycles. The van der Waals surface area contributed by atoms with Gasteiger partial charge >= 0.3 is 5.97 Å². The summed E-state index contributed by atoms with van der Waals surface area (Å²) in [7, 11) is 0. The Balaban J connectivity index is 2.89. The molecule has 0 amide bonds. The number of hydrogen-bond acceptors (Lipinski definition) is 2. The van der Waals surface area contributed by atoms with Crippen molar-refractivity contribution in [2.45, 2.75) is 59.5 Å². The van der Waals surface area contributed by atoms with Gasteiger partial charge in [0.1, 0.15) is 0 Å². The van der Waals surface area contributed by atoms with Crippen molar-refractivity contribution in [3.63, 3.8) is 0 Å². The predicted octanol–water partition coefficient (Wildman–Crippen LogP) is 3.71. The third-order valence-corrected chi connectivity index (χ3v) is 3.83. The highest BCUT2D eigenvalue weighted by atomic mass is 16.6. The topological polar surface area (TPSA) is 26.3 Å². The minimum atomic E-state index is -0.689. The first-order valence-electron chi connectivity index (χ1n) is 6.69. The Hall–Kier alpha value is -1.23. The van der Waals surface area contributed by atoms with Crippen LogP contribution in [0, 0.1) is 23.2 Å². The quantitative estimate of drug-likeness (QED) is 0.430. The maximum Gasteiger partial charge on any atom is 0.313 e. The number of carbonyl (C=O) groups excluding carboxylic acids is 1. The standard InChI is InChI=1S/C16H24O2/c1-6-12-16(5,13-10-8-9-11-13)18-14(17)15(3,4)7-2/h8,10,13H,7,9,11H2,1-5H3. The van der Waals surface area contributed by atoms with E-state index in [2.05, 4.69) is 24.0 Å². The molecule has 2 unspecified atom stereocenters. The van der Waals surface area contributed by atoms with Crippen molar-refractivity contribution in [2.24, 2.45) is 11.3 Å². The first-order valence-corrected chi connectivity index (χ1v) is 6.69. The van der Waals surface area contributed by atoms with Crippen molar-refractivity contribution >= 4 is 5.97 Å². The van der Waals surface area contributed by atoms with E-state index in [-0.39, 0.29) is 11.9 Å². The van der Waals surface area contributed by atoms with Crippen molar-refractivity contribution in [2.75, 3.05) is 0 Å². The molecule has 2 heteroatoms. The lowest BCUT2D eigenvalue weighted by atomic mass is 9.86. The molecule has 0 aromatic carbocycles. The number of carbonyl (C=O) groups is 1. The summed E-state index contributed by atoms with van der Waals surface area (Å²) in [6, 6.07) is 0. The Morgan fingerprint density at radius 1 is 1.44 bits per heavy atom. The molecule has 0 saturated heterocycles. The average Bonchev–Trinajstić information content (AvgIpc) is 2.83. The maximum atomic E-state index is 12.2. The Labute approximate surface area is 111 Å². The van der Waals surface area contributed by atoms with Gasteiger partial charge in [0.15, 0.2) is 5.60 Å². The summed E-state index contributed by atoms with van der Waals surface area (Å²) in [5.41, 5.74) is -1.13. The molecule has 0 N–H and O–H groups in total. The van der Waals surface area contributed by atoms with Gasteiger partial charge in [-0.15, -0.1) is 5.92 Å². The highest BCUT2D eigenvalue weighted by molar-refractivity contribution is 5.76. The summed E-state index contributed by atoms with van der Waals surface area (Å²) in [4.78, 5) is 12.2. The van der Waals surface area contributed by atoms with Crippen LogP contribution in [0.25, 0.3) is 0 Å². The van der Waals surface area contributed by atoms with E-state index in [1.54, 1.807) is 6.92 Å². The summed E-state index contributed by atoms with van der Waals surface area (Å²) in [6.07, 6.45) is 7.07. The van der Waals surface area contributed by atoms with Crippen LogP contribution in [-0.4, -0.2) is 11.6 Å². The second-order valence-corrected chi connectivity index (χ2v) is 5.72. The Morgan fingerprint density at radius 3 is 2.56 bits per heavy atom. The number of esters is 1. The summed E-state index contributed by atoms with van der Waals surface area (Å²) in [6.45, 7) is 9.54. The normalized spacial score (nSPS) is 21.9. The molecule has 2 nitrogen and oxygen atoms in total. The second kappa shape index (κ2) is 5.61. The second-order valence-electron chi connectivity index (χ2n) is 5.72. The molecule has 0 heterocycles. The van der Waals surface area contributed by atoms with Gasteiger partial charge in [0.2, 0.25) is 0 Å². The van der Waals surface area contributed by atoms with E-state index >= 15 is 0 Å². The van der Waals surface area contributed by atoms with E-state index in [9.17, 15) is 4.79 Å². The SMILES string of the molecule is CC#CC(C)(OC(=O)C(C)(C)CC)C1C=CCC1. The highest BCUT2D eigenvalue weighted by Gasteiger charge is 2.39. The first kappa shape index (κ1) is 14.8. The number of allylic oxidation sites excluding steroid dienone is 1. The maximum absolute atomic E-state index is 12.2. The zero-order valence-corrected chi connectivity index (χ0v) is 12.2. The lowest BCUT2D eigenvalue weighted by Crippen LogP contribution is -2.41. The third kappa shape index (κ3) is 3.16. The highest BCUT2D eigenvalue weighted by Crippen LogP contribution is 2.34. The van der Waals surface area contributed by atoms with E-state index in [0.29, 0.717) is 0 Å². The zero-order chi connectivity index (χ0) is 13.8. The van der Waals surface area contributed by atoms with Gasteiger partial charge in [-0.25, -0.2) is 0 Å². The molecular weight excluding hydrogens is 224 g/mol. The van der Waals surface area contributed by atoms with Crippen molar-refractivity contribution in [1.29, 1.82) is 0 Å². The summed E-state index contributed by atoms with van der Waals surface area (Å²) < 4.78 is 5.75. The van der Waals surface area contributed by atoms with Crippen LogP contribution < -0.4 is 0 Å². The smallest absolute Gasteiger partial charge is 0.313 e. The van der Waals surface area contributed by atoms with E-state index < -0.39 is 11.0 Å². The van der Waals surface area contributed by atoms with Crippen LogP contribution >= 0.6 is 0 Å². The molecule has 1 aliphatic rings. The number of hydrogen-bond donors (Lipinski definition) is 0. The predicted molar refractivity (Wildman–Crippen MR) is 73.9 cm³/mol. The largest absolute Gasteiger partial charge is 0.445 e. The van der Waals surface area contributed by atoms with Gasteiger partial charge in [0.25, 0.3) is 0 Å². The Kier molecular flexibility index (Phi) is 4.62. The average molecular weight is 248 g/mol. The summed E-state index contributed by atoms with van der Waals surface area (Å²) >= 11 is 0. The molecule has 0 aromatic heterocycles. The minimum Gasteiger partial charge on any atom is -0.445 e. The first-order chi connectivity index (χ1) is 8.35. The zero-order valence-electron chi connectivity index (χ0n) is 12.2. The van der Waals surface area contributed by atoms with Crippen LogP contribution in [0.5, 0.6) is 0 Å². The van der Waals surface area contributed by atoms with Crippen molar-refractivity contribution in [3.05, 3.63) is 12.2 Å². The van der Waals surface area contributed by atoms with Gasteiger partial charge in [0, 0.05) is 5.92 Å². The van der Waals surface area contributed by atoms with E-state index in [0.717, 1.165) is 19.3 Å². The molecular formula is C16H24O2. The Morgan fingerprint density at radius 2 is 2.11 bits per heavy atom. The molecule has 0 aromatic rings. The summed E-state index contributed by atoms with van der Waals surface area (Å²) in [5, 5.41) is 0. The van der Waals surface area contributed by atoms with Crippen molar-refractivity contribution < 1.29 is 9.53 Å². The van der Waals surface area contributed by atoms with Gasteiger partial charge in [-0.1, -0.05) is 25.0 Å². The van der Waals surface area contributed by atoms with Gasteiger partial charge < -0.3 is 4.74 Å². The molecule has 1 aliphatic carbocycles. The van der Waals surface area contributed by atoms with Gasteiger partial charge in [-0.3, -0.25) is 4.79 Å². The minimum absolute atomic E-state index is 0.157. The van der Waals surface area contributed by atoms with Crippen LogP contribution in [0.4, 0.5) is 0 Å². The lowest BCUT2D eigenvalue weighted by molar-refractivity contribution is -0.166. The number of rotatable bonds is 4. The van der Waals surface area contributed by atoms with Crippen molar-refractivity contribution in [1.82, 2.24) is 0 Å².